The minimum Gasteiger partial charge on any atom is -0.293 e. The maximum atomic E-state index is 11.6. The average Bonchev–Trinajstić information content (AvgIpc) is 2.17. The Morgan fingerprint density at radius 1 is 1.46 bits per heavy atom. The number of ketones is 1. The molecule has 0 fully saturated rings. The maximum absolute atomic E-state index is 11.6. The molecule has 0 aliphatic rings. The van der Waals surface area contributed by atoms with E-state index in [-0.39, 0.29) is 10.6 Å². The highest BCUT2D eigenvalue weighted by molar-refractivity contribution is 9.10. The number of hydrogen-bond acceptors (Lipinski definition) is 1. The summed E-state index contributed by atoms with van der Waals surface area (Å²) in [6.45, 7) is 1.97. The standard InChI is InChI=1S/C10H10BrClO/c1-2-9(11)10(13)7-3-5-8(12)6-4-7/h3-6,9H,2H2,1H3/t9-/m0/s1. The highest BCUT2D eigenvalue weighted by Crippen LogP contribution is 2.15. The largest absolute Gasteiger partial charge is 0.293 e. The lowest BCUT2D eigenvalue weighted by Crippen LogP contribution is -2.12. The van der Waals surface area contributed by atoms with Crippen LogP contribution >= 0.6 is 27.5 Å². The van der Waals surface area contributed by atoms with E-state index in [0.29, 0.717) is 10.6 Å². The van der Waals surface area contributed by atoms with E-state index in [1.807, 2.05) is 6.92 Å². The normalized spacial score (nSPS) is 12.5. The molecule has 70 valence electrons. The van der Waals surface area contributed by atoms with Crippen LogP contribution < -0.4 is 0 Å². The molecule has 0 aromatic heterocycles. The van der Waals surface area contributed by atoms with Crippen LogP contribution in [0.4, 0.5) is 0 Å². The summed E-state index contributed by atoms with van der Waals surface area (Å²) in [5.74, 6) is 0.110. The molecule has 0 amide bonds. The lowest BCUT2D eigenvalue weighted by atomic mass is 10.1. The first-order chi connectivity index (χ1) is 6.15. The first-order valence-electron chi connectivity index (χ1n) is 4.09. The van der Waals surface area contributed by atoms with Crippen molar-refractivity contribution in [3.63, 3.8) is 0 Å². The van der Waals surface area contributed by atoms with Gasteiger partial charge in [0, 0.05) is 10.6 Å². The van der Waals surface area contributed by atoms with Crippen molar-refractivity contribution >= 4 is 33.3 Å². The molecule has 0 saturated carbocycles. The summed E-state index contributed by atoms with van der Waals surface area (Å²) in [5.41, 5.74) is 0.702. The summed E-state index contributed by atoms with van der Waals surface area (Å²) >= 11 is 9.02. The fraction of sp³-hybridized carbons (Fsp3) is 0.300. The van der Waals surface area contributed by atoms with E-state index in [1.165, 1.54) is 0 Å². The Labute approximate surface area is 91.2 Å². The molecule has 0 aliphatic heterocycles. The maximum Gasteiger partial charge on any atom is 0.176 e. The quantitative estimate of drug-likeness (QED) is 0.599. The van der Waals surface area contributed by atoms with Gasteiger partial charge in [-0.05, 0) is 30.7 Å². The van der Waals surface area contributed by atoms with Gasteiger partial charge in [-0.1, -0.05) is 34.5 Å². The van der Waals surface area contributed by atoms with E-state index in [4.69, 9.17) is 11.6 Å². The summed E-state index contributed by atoms with van der Waals surface area (Å²) in [6, 6.07) is 6.94. The molecule has 0 heterocycles. The Hall–Kier alpha value is -0.340. The van der Waals surface area contributed by atoms with Gasteiger partial charge >= 0.3 is 0 Å². The topological polar surface area (TPSA) is 17.1 Å². The molecule has 1 atom stereocenters. The van der Waals surface area contributed by atoms with Gasteiger partial charge in [0.2, 0.25) is 0 Å². The molecular formula is C10H10BrClO. The Bertz CT molecular complexity index is 294. The van der Waals surface area contributed by atoms with Crippen molar-refractivity contribution in [1.29, 1.82) is 0 Å². The first kappa shape index (κ1) is 10.7. The first-order valence-corrected chi connectivity index (χ1v) is 5.38. The molecule has 0 unspecified atom stereocenters. The molecule has 0 bridgehead atoms. The van der Waals surface area contributed by atoms with E-state index >= 15 is 0 Å². The highest BCUT2D eigenvalue weighted by atomic mass is 79.9. The van der Waals surface area contributed by atoms with Crippen molar-refractivity contribution in [3.05, 3.63) is 34.9 Å². The second-order valence-corrected chi connectivity index (χ2v) is 4.29. The van der Waals surface area contributed by atoms with Gasteiger partial charge in [0.25, 0.3) is 0 Å². The van der Waals surface area contributed by atoms with Crippen LogP contribution in [0, 0.1) is 0 Å². The number of Topliss-reactive ketones (excluding diaryl/α,β-unsaturated/α-hetero) is 1. The Morgan fingerprint density at radius 3 is 2.46 bits per heavy atom. The third kappa shape index (κ3) is 2.82. The third-order valence-corrected chi connectivity index (χ3v) is 3.09. The van der Waals surface area contributed by atoms with Crippen molar-refractivity contribution in [2.75, 3.05) is 0 Å². The molecule has 0 saturated heterocycles. The van der Waals surface area contributed by atoms with Crippen LogP contribution in [-0.4, -0.2) is 10.6 Å². The molecule has 0 aliphatic carbocycles. The summed E-state index contributed by atoms with van der Waals surface area (Å²) in [4.78, 5) is 11.5. The lowest BCUT2D eigenvalue weighted by Gasteiger charge is -2.05. The van der Waals surface area contributed by atoms with Crippen molar-refractivity contribution < 1.29 is 4.79 Å². The smallest absolute Gasteiger partial charge is 0.176 e. The molecule has 13 heavy (non-hydrogen) atoms. The third-order valence-electron chi connectivity index (χ3n) is 1.77. The molecule has 1 aromatic carbocycles. The highest BCUT2D eigenvalue weighted by Gasteiger charge is 2.13. The zero-order valence-electron chi connectivity index (χ0n) is 7.26. The average molecular weight is 262 g/mol. The van der Waals surface area contributed by atoms with Gasteiger partial charge in [-0.2, -0.15) is 0 Å². The van der Waals surface area contributed by atoms with Crippen molar-refractivity contribution in [3.8, 4) is 0 Å². The van der Waals surface area contributed by atoms with E-state index in [2.05, 4.69) is 15.9 Å². The minimum atomic E-state index is -0.0892. The number of hydrogen-bond donors (Lipinski definition) is 0. The second kappa shape index (κ2) is 4.77. The number of halogens is 2. The molecule has 0 spiro atoms. The zero-order chi connectivity index (χ0) is 9.84. The summed E-state index contributed by atoms with van der Waals surface area (Å²) < 4.78 is 0. The fourth-order valence-electron chi connectivity index (χ4n) is 0.980. The van der Waals surface area contributed by atoms with E-state index < -0.39 is 0 Å². The van der Waals surface area contributed by atoms with Gasteiger partial charge < -0.3 is 0 Å². The van der Waals surface area contributed by atoms with E-state index in [0.717, 1.165) is 6.42 Å². The molecule has 0 radical (unpaired) electrons. The minimum absolute atomic E-state index is 0.0892. The van der Waals surface area contributed by atoms with Crippen molar-refractivity contribution in [1.82, 2.24) is 0 Å². The van der Waals surface area contributed by atoms with Crippen LogP contribution in [0.2, 0.25) is 5.02 Å². The van der Waals surface area contributed by atoms with Gasteiger partial charge in [0.1, 0.15) is 0 Å². The summed E-state index contributed by atoms with van der Waals surface area (Å²) in [6.07, 6.45) is 0.793. The zero-order valence-corrected chi connectivity index (χ0v) is 9.60. The molecule has 1 aromatic rings. The van der Waals surface area contributed by atoms with Crippen molar-refractivity contribution in [2.24, 2.45) is 0 Å². The van der Waals surface area contributed by atoms with Gasteiger partial charge in [0.05, 0.1) is 4.83 Å². The number of benzene rings is 1. The molecule has 3 heteroatoms. The monoisotopic (exact) mass is 260 g/mol. The van der Waals surface area contributed by atoms with Crippen molar-refractivity contribution in [2.45, 2.75) is 18.2 Å². The van der Waals surface area contributed by atoms with Gasteiger partial charge in [0.15, 0.2) is 5.78 Å². The number of alkyl halides is 1. The summed E-state index contributed by atoms with van der Waals surface area (Å²) in [5, 5.41) is 0.652. The van der Waals surface area contributed by atoms with E-state index in [9.17, 15) is 4.79 Å². The van der Waals surface area contributed by atoms with Crippen LogP contribution in [0.1, 0.15) is 23.7 Å². The number of rotatable bonds is 3. The number of carbonyl (C=O) groups is 1. The van der Waals surface area contributed by atoms with Gasteiger partial charge in [-0.15, -0.1) is 0 Å². The predicted octanol–water partition coefficient (Wildman–Crippen LogP) is 3.70. The van der Waals surface area contributed by atoms with Gasteiger partial charge in [-0.25, -0.2) is 0 Å². The van der Waals surface area contributed by atoms with Crippen LogP contribution in [0.3, 0.4) is 0 Å². The Morgan fingerprint density at radius 2 is 2.00 bits per heavy atom. The second-order valence-electron chi connectivity index (χ2n) is 2.75. The van der Waals surface area contributed by atoms with Crippen LogP contribution in [0.15, 0.2) is 24.3 Å². The fourth-order valence-corrected chi connectivity index (χ4v) is 1.37. The molecule has 0 N–H and O–H groups in total. The van der Waals surface area contributed by atoms with Crippen LogP contribution in [0.25, 0.3) is 0 Å². The van der Waals surface area contributed by atoms with Crippen LogP contribution in [-0.2, 0) is 0 Å². The lowest BCUT2D eigenvalue weighted by molar-refractivity contribution is 0.0990. The van der Waals surface area contributed by atoms with Gasteiger partial charge in [-0.3, -0.25) is 4.79 Å². The molecule has 1 rings (SSSR count). The Balaban J connectivity index is 2.83. The SMILES string of the molecule is CC[C@H](Br)C(=O)c1ccc(Cl)cc1. The molecular weight excluding hydrogens is 251 g/mol. The summed E-state index contributed by atoms with van der Waals surface area (Å²) in [7, 11) is 0. The van der Waals surface area contributed by atoms with E-state index in [1.54, 1.807) is 24.3 Å². The predicted molar refractivity (Wildman–Crippen MR) is 58.8 cm³/mol. The van der Waals surface area contributed by atoms with Crippen LogP contribution in [0.5, 0.6) is 0 Å². The number of carbonyl (C=O) groups excluding carboxylic acids is 1. The Kier molecular flexibility index (Phi) is 3.94. The molecule has 1 nitrogen and oxygen atoms in total.